The first kappa shape index (κ1) is 11.3. The van der Waals surface area contributed by atoms with E-state index in [1.165, 1.54) is 10.9 Å². The molecule has 0 aromatic carbocycles. The van der Waals surface area contributed by atoms with Gasteiger partial charge in [-0.15, -0.1) is 0 Å². The fraction of sp³-hybridized carbons (Fsp3) is 0.250. The summed E-state index contributed by atoms with van der Waals surface area (Å²) in [5.41, 5.74) is 1.22. The summed E-state index contributed by atoms with van der Waals surface area (Å²) in [6.07, 6.45) is 3.07. The molecule has 0 aliphatic carbocycles. The van der Waals surface area contributed by atoms with Crippen LogP contribution in [0.3, 0.4) is 0 Å². The van der Waals surface area contributed by atoms with Crippen molar-refractivity contribution in [2.45, 2.75) is 20.4 Å². The number of carbonyl (C=O) groups is 1. The molecule has 0 unspecified atom stereocenters. The third-order valence-corrected chi connectivity index (χ3v) is 2.55. The van der Waals surface area contributed by atoms with Crippen LogP contribution in [-0.2, 0) is 6.54 Å². The summed E-state index contributed by atoms with van der Waals surface area (Å²) >= 11 is 0. The van der Waals surface area contributed by atoms with Crippen LogP contribution in [-0.4, -0.2) is 25.7 Å². The topological polar surface area (TPSA) is 68.0 Å². The van der Waals surface area contributed by atoms with Crippen LogP contribution in [0.1, 0.15) is 28.5 Å². The second-order valence-corrected chi connectivity index (χ2v) is 3.67. The van der Waals surface area contributed by atoms with Gasteiger partial charge in [-0.2, -0.15) is 5.10 Å². The van der Waals surface area contributed by atoms with Crippen molar-refractivity contribution in [1.82, 2.24) is 14.8 Å². The van der Waals surface area contributed by atoms with Gasteiger partial charge in [-0.1, -0.05) is 0 Å². The SMILES string of the molecule is CCn1nc(C)c(C(=O)c2cccnc2)c1O. The third kappa shape index (κ3) is 1.91. The maximum atomic E-state index is 12.2. The van der Waals surface area contributed by atoms with Crippen molar-refractivity contribution in [3.63, 3.8) is 0 Å². The highest BCUT2D eigenvalue weighted by Gasteiger charge is 2.21. The van der Waals surface area contributed by atoms with Crippen LogP contribution in [0.5, 0.6) is 5.88 Å². The van der Waals surface area contributed by atoms with Crippen molar-refractivity contribution in [2.24, 2.45) is 0 Å². The number of carbonyl (C=O) groups excluding carboxylic acids is 1. The molecular weight excluding hydrogens is 218 g/mol. The van der Waals surface area contributed by atoms with E-state index in [0.29, 0.717) is 17.8 Å². The van der Waals surface area contributed by atoms with E-state index in [1.54, 1.807) is 25.3 Å². The van der Waals surface area contributed by atoms with Gasteiger partial charge in [0, 0.05) is 24.5 Å². The largest absolute Gasteiger partial charge is 0.493 e. The lowest BCUT2D eigenvalue weighted by Crippen LogP contribution is -2.03. The Hall–Kier alpha value is -2.17. The first-order chi connectivity index (χ1) is 8.15. The Morgan fingerprint density at radius 1 is 1.53 bits per heavy atom. The zero-order valence-electron chi connectivity index (χ0n) is 9.71. The van der Waals surface area contributed by atoms with Gasteiger partial charge in [0.05, 0.1) is 5.69 Å². The predicted octanol–water partition coefficient (Wildman–Crippen LogP) is 1.54. The lowest BCUT2D eigenvalue weighted by molar-refractivity contribution is 0.103. The molecule has 0 atom stereocenters. The number of nitrogens with zero attached hydrogens (tertiary/aromatic N) is 3. The number of hydrogen-bond acceptors (Lipinski definition) is 4. The number of ketones is 1. The molecule has 0 fully saturated rings. The molecule has 0 bridgehead atoms. The average molecular weight is 231 g/mol. The Morgan fingerprint density at radius 2 is 2.29 bits per heavy atom. The van der Waals surface area contributed by atoms with E-state index in [-0.39, 0.29) is 17.2 Å². The number of aromatic nitrogens is 3. The van der Waals surface area contributed by atoms with Crippen LogP contribution >= 0.6 is 0 Å². The second kappa shape index (κ2) is 4.37. The maximum Gasteiger partial charge on any atom is 0.221 e. The van der Waals surface area contributed by atoms with Crippen LogP contribution in [0.25, 0.3) is 0 Å². The molecule has 0 aliphatic rings. The Kier molecular flexibility index (Phi) is 2.91. The van der Waals surface area contributed by atoms with E-state index in [9.17, 15) is 9.90 Å². The van der Waals surface area contributed by atoms with Crippen molar-refractivity contribution in [2.75, 3.05) is 0 Å². The maximum absolute atomic E-state index is 12.2. The van der Waals surface area contributed by atoms with Gasteiger partial charge in [-0.05, 0) is 26.0 Å². The molecule has 17 heavy (non-hydrogen) atoms. The molecule has 2 aromatic heterocycles. The van der Waals surface area contributed by atoms with Crippen molar-refractivity contribution in [3.8, 4) is 5.88 Å². The Labute approximate surface area is 98.7 Å². The van der Waals surface area contributed by atoms with Crippen LogP contribution < -0.4 is 0 Å². The monoisotopic (exact) mass is 231 g/mol. The number of pyridine rings is 1. The molecule has 0 radical (unpaired) electrons. The summed E-state index contributed by atoms with van der Waals surface area (Å²) in [6, 6.07) is 3.35. The van der Waals surface area contributed by atoms with E-state index >= 15 is 0 Å². The number of hydrogen-bond donors (Lipinski definition) is 1. The summed E-state index contributed by atoms with van der Waals surface area (Å²) in [4.78, 5) is 16.1. The van der Waals surface area contributed by atoms with Crippen LogP contribution in [0.2, 0.25) is 0 Å². The van der Waals surface area contributed by atoms with E-state index in [2.05, 4.69) is 10.1 Å². The predicted molar refractivity (Wildman–Crippen MR) is 62.0 cm³/mol. The molecule has 5 heteroatoms. The van der Waals surface area contributed by atoms with Gasteiger partial charge in [0.15, 0.2) is 0 Å². The summed E-state index contributed by atoms with van der Waals surface area (Å²) in [5.74, 6) is -0.341. The molecule has 2 heterocycles. The summed E-state index contributed by atoms with van der Waals surface area (Å²) < 4.78 is 1.40. The smallest absolute Gasteiger partial charge is 0.221 e. The molecule has 0 saturated heterocycles. The zero-order chi connectivity index (χ0) is 12.4. The van der Waals surface area contributed by atoms with Gasteiger partial charge in [0.2, 0.25) is 11.7 Å². The highest BCUT2D eigenvalue weighted by molar-refractivity contribution is 6.10. The molecular formula is C12H13N3O2. The first-order valence-corrected chi connectivity index (χ1v) is 5.36. The molecule has 0 amide bonds. The highest BCUT2D eigenvalue weighted by Crippen LogP contribution is 2.23. The van der Waals surface area contributed by atoms with Crippen molar-refractivity contribution >= 4 is 5.78 Å². The Balaban J connectivity index is 2.48. The van der Waals surface area contributed by atoms with Crippen LogP contribution in [0.15, 0.2) is 24.5 Å². The number of rotatable bonds is 3. The van der Waals surface area contributed by atoms with Crippen molar-refractivity contribution in [3.05, 3.63) is 41.3 Å². The molecule has 5 nitrogen and oxygen atoms in total. The quantitative estimate of drug-likeness (QED) is 0.813. The average Bonchev–Trinajstić information content (AvgIpc) is 2.64. The lowest BCUT2D eigenvalue weighted by Gasteiger charge is -2.00. The zero-order valence-corrected chi connectivity index (χ0v) is 9.71. The normalized spacial score (nSPS) is 10.5. The Morgan fingerprint density at radius 3 is 2.82 bits per heavy atom. The van der Waals surface area contributed by atoms with Gasteiger partial charge in [-0.25, -0.2) is 4.68 Å². The van der Waals surface area contributed by atoms with Gasteiger partial charge in [0.1, 0.15) is 5.56 Å². The van der Waals surface area contributed by atoms with Gasteiger partial charge in [0.25, 0.3) is 0 Å². The molecule has 2 aromatic rings. The van der Waals surface area contributed by atoms with Crippen molar-refractivity contribution in [1.29, 1.82) is 0 Å². The molecule has 0 spiro atoms. The lowest BCUT2D eigenvalue weighted by atomic mass is 10.1. The molecule has 2 rings (SSSR count). The van der Waals surface area contributed by atoms with Crippen LogP contribution in [0.4, 0.5) is 0 Å². The third-order valence-electron chi connectivity index (χ3n) is 2.55. The number of aryl methyl sites for hydroxylation is 2. The fourth-order valence-corrected chi connectivity index (χ4v) is 1.70. The summed E-state index contributed by atoms with van der Waals surface area (Å²) in [7, 11) is 0. The highest BCUT2D eigenvalue weighted by atomic mass is 16.3. The van der Waals surface area contributed by atoms with Gasteiger partial charge < -0.3 is 5.11 Å². The number of aromatic hydroxyl groups is 1. The minimum Gasteiger partial charge on any atom is -0.493 e. The van der Waals surface area contributed by atoms with E-state index in [0.717, 1.165) is 0 Å². The first-order valence-electron chi connectivity index (χ1n) is 5.36. The second-order valence-electron chi connectivity index (χ2n) is 3.67. The molecule has 0 saturated carbocycles. The molecule has 88 valence electrons. The minimum absolute atomic E-state index is 0.0844. The van der Waals surface area contributed by atoms with Crippen molar-refractivity contribution < 1.29 is 9.90 Å². The Bertz CT molecular complexity index is 546. The minimum atomic E-state index is -0.257. The molecule has 1 N–H and O–H groups in total. The summed E-state index contributed by atoms with van der Waals surface area (Å²) in [5, 5.41) is 14.0. The van der Waals surface area contributed by atoms with E-state index in [4.69, 9.17) is 0 Å². The summed E-state index contributed by atoms with van der Waals surface area (Å²) in [6.45, 7) is 4.08. The van der Waals surface area contributed by atoms with Crippen LogP contribution in [0, 0.1) is 6.92 Å². The molecule has 0 aliphatic heterocycles. The fourth-order valence-electron chi connectivity index (χ4n) is 1.70. The standard InChI is InChI=1S/C12H13N3O2/c1-3-15-12(17)10(8(2)14-15)11(16)9-5-4-6-13-7-9/h4-7,17H,3H2,1-2H3. The van der Waals surface area contributed by atoms with E-state index in [1.807, 2.05) is 6.92 Å². The van der Waals surface area contributed by atoms with Gasteiger partial charge >= 0.3 is 0 Å². The van der Waals surface area contributed by atoms with Gasteiger partial charge in [-0.3, -0.25) is 9.78 Å². The van der Waals surface area contributed by atoms with E-state index < -0.39 is 0 Å².